The number of carbonyl (C=O) groups is 1. The highest BCUT2D eigenvalue weighted by Gasteiger charge is 2.60. The van der Waals surface area contributed by atoms with Gasteiger partial charge in [-0.05, 0) is 91.6 Å². The molecule has 2 aliphatic heterocycles. The Hall–Kier alpha value is -2.33. The summed E-state index contributed by atoms with van der Waals surface area (Å²) in [5, 5.41) is 0. The monoisotopic (exact) mass is 458 g/mol. The van der Waals surface area contributed by atoms with Gasteiger partial charge in [-0.15, -0.1) is 0 Å². The molecule has 2 aliphatic carbocycles. The second kappa shape index (κ2) is 8.71. The summed E-state index contributed by atoms with van der Waals surface area (Å²) in [5.41, 5.74) is 4.72. The molecule has 2 saturated heterocycles. The molecule has 0 N–H and O–H groups in total. The highest BCUT2D eigenvalue weighted by molar-refractivity contribution is 5.76. The zero-order valence-corrected chi connectivity index (χ0v) is 20.6. The van der Waals surface area contributed by atoms with Gasteiger partial charge in [-0.25, -0.2) is 0 Å². The molecule has 0 radical (unpaired) electrons. The van der Waals surface area contributed by atoms with Crippen molar-refractivity contribution in [2.24, 2.45) is 11.3 Å². The minimum absolute atomic E-state index is 0.172. The molecule has 34 heavy (non-hydrogen) atoms. The summed E-state index contributed by atoms with van der Waals surface area (Å²) in [5.74, 6) is 2.23. The van der Waals surface area contributed by atoms with Crippen LogP contribution in [0.15, 0.2) is 48.5 Å². The highest BCUT2D eigenvalue weighted by Crippen LogP contribution is 2.61. The van der Waals surface area contributed by atoms with E-state index in [1.165, 1.54) is 55.6 Å². The predicted molar refractivity (Wildman–Crippen MR) is 135 cm³/mol. The van der Waals surface area contributed by atoms with Crippen LogP contribution in [-0.4, -0.2) is 55.5 Å². The molecule has 2 aromatic carbocycles. The van der Waals surface area contributed by atoms with Crippen LogP contribution >= 0.6 is 0 Å². The Balaban J connectivity index is 1.25. The zero-order valence-electron chi connectivity index (χ0n) is 20.6. The summed E-state index contributed by atoms with van der Waals surface area (Å²) in [6.07, 6.45) is 8.84. The summed E-state index contributed by atoms with van der Waals surface area (Å²) in [6.45, 7) is 5.44. The van der Waals surface area contributed by atoms with Gasteiger partial charge in [-0.2, -0.15) is 0 Å². The van der Waals surface area contributed by atoms with E-state index in [1.807, 2.05) is 6.07 Å². The Morgan fingerprint density at radius 2 is 1.82 bits per heavy atom. The second-order valence-corrected chi connectivity index (χ2v) is 11.4. The van der Waals surface area contributed by atoms with Gasteiger partial charge in [0.2, 0.25) is 5.91 Å². The van der Waals surface area contributed by atoms with Crippen LogP contribution in [0.3, 0.4) is 0 Å². The van der Waals surface area contributed by atoms with Gasteiger partial charge in [0.15, 0.2) is 0 Å². The molecule has 4 nitrogen and oxygen atoms in total. The van der Waals surface area contributed by atoms with Crippen molar-refractivity contribution in [3.63, 3.8) is 0 Å². The van der Waals surface area contributed by atoms with Gasteiger partial charge in [-0.3, -0.25) is 4.79 Å². The van der Waals surface area contributed by atoms with Crippen molar-refractivity contribution in [1.82, 2.24) is 9.80 Å². The third-order valence-corrected chi connectivity index (χ3v) is 9.46. The van der Waals surface area contributed by atoms with Gasteiger partial charge in [0.05, 0.1) is 7.11 Å². The van der Waals surface area contributed by atoms with E-state index in [4.69, 9.17) is 4.74 Å². The zero-order chi connectivity index (χ0) is 23.2. The van der Waals surface area contributed by atoms with Crippen LogP contribution in [0.5, 0.6) is 5.75 Å². The van der Waals surface area contributed by atoms with Crippen LogP contribution in [0.25, 0.3) is 0 Å². The van der Waals surface area contributed by atoms with E-state index < -0.39 is 0 Å². The number of amides is 1. The molecule has 3 fully saturated rings. The SMILES string of the molecule is COc1ccc2c(c1)C13CCN(CC4CC4)CC1(CCN(C(=O)CCc1ccccc1)CC3)C2. The van der Waals surface area contributed by atoms with Crippen LogP contribution < -0.4 is 4.74 Å². The first-order chi connectivity index (χ1) is 16.6. The molecule has 4 heteroatoms. The highest BCUT2D eigenvalue weighted by atomic mass is 16.5. The number of hydrogen-bond acceptors (Lipinski definition) is 3. The maximum Gasteiger partial charge on any atom is 0.222 e. The molecule has 2 atom stereocenters. The topological polar surface area (TPSA) is 32.8 Å². The lowest BCUT2D eigenvalue weighted by Gasteiger charge is -2.53. The van der Waals surface area contributed by atoms with Gasteiger partial charge in [0.25, 0.3) is 0 Å². The number of carbonyl (C=O) groups excluding carboxylic acids is 1. The number of nitrogens with zero attached hydrogens (tertiary/aromatic N) is 2. The lowest BCUT2D eigenvalue weighted by Crippen LogP contribution is -2.56. The summed E-state index contributed by atoms with van der Waals surface area (Å²) in [4.78, 5) is 18.3. The summed E-state index contributed by atoms with van der Waals surface area (Å²) < 4.78 is 5.66. The number of piperidine rings is 1. The van der Waals surface area contributed by atoms with E-state index >= 15 is 0 Å². The van der Waals surface area contributed by atoms with Crippen molar-refractivity contribution < 1.29 is 9.53 Å². The third-order valence-electron chi connectivity index (χ3n) is 9.46. The molecule has 1 amide bonds. The van der Waals surface area contributed by atoms with Crippen LogP contribution in [-0.2, 0) is 23.1 Å². The molecular formula is C30H38N2O2. The summed E-state index contributed by atoms with van der Waals surface area (Å²) >= 11 is 0. The van der Waals surface area contributed by atoms with Gasteiger partial charge in [0.1, 0.15) is 5.75 Å². The van der Waals surface area contributed by atoms with Crippen LogP contribution in [0.2, 0.25) is 0 Å². The molecule has 4 aliphatic rings. The normalized spacial score (nSPS) is 28.6. The first-order valence-corrected chi connectivity index (χ1v) is 13.3. The van der Waals surface area contributed by atoms with E-state index in [1.54, 1.807) is 7.11 Å². The minimum atomic E-state index is 0.172. The standard InChI is InChI=1S/C30H38N2O2/c1-34-26-11-10-25-20-29-13-17-32(28(33)12-9-23-5-3-2-4-6-23)18-15-30(29,27(25)19-26)14-16-31(22-29)21-24-7-8-24/h2-6,10-11,19,24H,7-9,12-18,20-22H2,1H3. The summed E-state index contributed by atoms with van der Waals surface area (Å²) in [6, 6.07) is 17.2. The molecule has 6 rings (SSSR count). The van der Waals surface area contributed by atoms with Crippen molar-refractivity contribution in [3.05, 3.63) is 65.2 Å². The lowest BCUT2D eigenvalue weighted by atomic mass is 9.57. The van der Waals surface area contributed by atoms with E-state index in [9.17, 15) is 4.79 Å². The Kier molecular flexibility index (Phi) is 5.68. The number of aryl methyl sites for hydroxylation is 1. The van der Waals surface area contributed by atoms with Gasteiger partial charge in [-0.1, -0.05) is 36.4 Å². The molecule has 2 unspecified atom stereocenters. The molecule has 180 valence electrons. The Morgan fingerprint density at radius 1 is 1.03 bits per heavy atom. The van der Waals surface area contributed by atoms with E-state index in [2.05, 4.69) is 52.3 Å². The molecule has 0 aromatic heterocycles. The van der Waals surface area contributed by atoms with E-state index in [0.29, 0.717) is 12.3 Å². The Morgan fingerprint density at radius 3 is 2.62 bits per heavy atom. The number of hydrogen-bond donors (Lipinski definition) is 0. The third kappa shape index (κ3) is 3.84. The van der Waals surface area contributed by atoms with Crippen LogP contribution in [0.1, 0.15) is 55.2 Å². The van der Waals surface area contributed by atoms with Crippen molar-refractivity contribution in [2.75, 3.05) is 39.8 Å². The van der Waals surface area contributed by atoms with Crippen molar-refractivity contribution in [1.29, 1.82) is 0 Å². The van der Waals surface area contributed by atoms with Gasteiger partial charge < -0.3 is 14.5 Å². The first-order valence-electron chi connectivity index (χ1n) is 13.3. The quantitative estimate of drug-likeness (QED) is 0.621. The second-order valence-electron chi connectivity index (χ2n) is 11.4. The Labute approximate surface area is 204 Å². The maximum atomic E-state index is 13.3. The fraction of sp³-hybridized carbons (Fsp3) is 0.567. The fourth-order valence-electron chi connectivity index (χ4n) is 7.41. The first kappa shape index (κ1) is 22.2. The van der Waals surface area contributed by atoms with Crippen LogP contribution in [0.4, 0.5) is 0 Å². The fourth-order valence-corrected chi connectivity index (χ4v) is 7.41. The lowest BCUT2D eigenvalue weighted by molar-refractivity contribution is -0.131. The van der Waals surface area contributed by atoms with Gasteiger partial charge >= 0.3 is 0 Å². The smallest absolute Gasteiger partial charge is 0.222 e. The van der Waals surface area contributed by atoms with E-state index in [-0.39, 0.29) is 10.8 Å². The van der Waals surface area contributed by atoms with Crippen molar-refractivity contribution >= 4 is 5.91 Å². The number of ether oxygens (including phenoxy) is 1. The molecule has 1 saturated carbocycles. The number of likely N-dealkylation sites (tertiary alicyclic amines) is 2. The molecule has 2 aromatic rings. The largest absolute Gasteiger partial charge is 0.497 e. The predicted octanol–water partition coefficient (Wildman–Crippen LogP) is 4.85. The van der Waals surface area contributed by atoms with Crippen molar-refractivity contribution in [3.8, 4) is 5.75 Å². The molecule has 0 spiro atoms. The van der Waals surface area contributed by atoms with Crippen LogP contribution in [0, 0.1) is 11.3 Å². The minimum Gasteiger partial charge on any atom is -0.497 e. The maximum absolute atomic E-state index is 13.3. The number of fused-ring (bicyclic) bond motifs is 1. The number of benzene rings is 2. The number of methoxy groups -OCH3 is 1. The van der Waals surface area contributed by atoms with E-state index in [0.717, 1.165) is 50.4 Å². The average Bonchev–Trinajstić information content (AvgIpc) is 3.66. The van der Waals surface area contributed by atoms with Crippen molar-refractivity contribution in [2.45, 2.75) is 56.8 Å². The number of rotatable bonds is 6. The molecular weight excluding hydrogens is 420 g/mol. The molecule has 2 heterocycles. The summed E-state index contributed by atoms with van der Waals surface area (Å²) in [7, 11) is 1.78. The molecule has 0 bridgehead atoms. The average molecular weight is 459 g/mol. The van der Waals surface area contributed by atoms with Gasteiger partial charge in [0, 0.05) is 38.0 Å². The Bertz CT molecular complexity index is 1050.